The monoisotopic (exact) mass is 441 g/mol. The lowest BCUT2D eigenvalue weighted by atomic mass is 9.99. The van der Waals surface area contributed by atoms with Crippen LogP contribution in [-0.4, -0.2) is 51.3 Å². The van der Waals surface area contributed by atoms with Gasteiger partial charge in [0.15, 0.2) is 5.13 Å². The standard InChI is InChI=1S/C22H27N5O3S/c1-11(2)27-10-15-9-14(8-12(3)17(15)20(27)29)18-13(4)24-21(31-18)25-22(30)26-7-5-6-16(26)19(23)28/h8-9,11,16H,5-7,10H2,1-4H3,(H2,23,28)(H,24,25,30)/t16-/m0/s1. The largest absolute Gasteiger partial charge is 0.368 e. The van der Waals surface area contributed by atoms with Gasteiger partial charge in [0.2, 0.25) is 5.91 Å². The molecule has 2 aliphatic rings. The summed E-state index contributed by atoms with van der Waals surface area (Å²) in [5.41, 5.74) is 9.97. The van der Waals surface area contributed by atoms with Crippen molar-refractivity contribution in [1.29, 1.82) is 0 Å². The molecular weight excluding hydrogens is 414 g/mol. The number of anilines is 1. The van der Waals surface area contributed by atoms with Crippen LogP contribution in [0.25, 0.3) is 10.4 Å². The molecule has 4 rings (SSSR count). The molecule has 1 aromatic carbocycles. The average Bonchev–Trinajstić information content (AvgIpc) is 3.39. The number of primary amides is 1. The summed E-state index contributed by atoms with van der Waals surface area (Å²) >= 11 is 1.39. The van der Waals surface area contributed by atoms with E-state index in [0.717, 1.165) is 39.2 Å². The summed E-state index contributed by atoms with van der Waals surface area (Å²) in [4.78, 5) is 45.8. The fourth-order valence-electron chi connectivity index (χ4n) is 4.42. The number of likely N-dealkylation sites (tertiary alicyclic amines) is 1. The third-order valence-corrected chi connectivity index (χ3v) is 7.09. The van der Waals surface area contributed by atoms with Gasteiger partial charge in [-0.25, -0.2) is 9.78 Å². The third-order valence-electron chi connectivity index (χ3n) is 5.97. The van der Waals surface area contributed by atoms with Crippen LogP contribution >= 0.6 is 11.3 Å². The number of fused-ring (bicyclic) bond motifs is 1. The van der Waals surface area contributed by atoms with E-state index < -0.39 is 11.9 Å². The molecule has 1 aromatic heterocycles. The number of benzene rings is 1. The van der Waals surface area contributed by atoms with Gasteiger partial charge >= 0.3 is 6.03 Å². The number of amides is 4. The maximum Gasteiger partial charge on any atom is 0.324 e. The second kappa shape index (κ2) is 7.96. The minimum Gasteiger partial charge on any atom is -0.368 e. The summed E-state index contributed by atoms with van der Waals surface area (Å²) < 4.78 is 0. The number of urea groups is 1. The molecule has 0 saturated carbocycles. The first-order chi connectivity index (χ1) is 14.7. The minimum absolute atomic E-state index is 0.0812. The summed E-state index contributed by atoms with van der Waals surface area (Å²) in [7, 11) is 0. The first-order valence-corrected chi connectivity index (χ1v) is 11.3. The predicted molar refractivity (Wildman–Crippen MR) is 120 cm³/mol. The molecule has 2 aromatic rings. The smallest absolute Gasteiger partial charge is 0.324 e. The Morgan fingerprint density at radius 3 is 2.71 bits per heavy atom. The zero-order chi connectivity index (χ0) is 22.4. The first-order valence-electron chi connectivity index (χ1n) is 10.5. The molecule has 1 fully saturated rings. The number of nitrogens with one attached hydrogen (secondary N) is 1. The Balaban J connectivity index is 1.59. The van der Waals surface area contributed by atoms with E-state index in [1.165, 1.54) is 16.2 Å². The van der Waals surface area contributed by atoms with E-state index in [2.05, 4.69) is 16.4 Å². The Bertz CT molecular complexity index is 1080. The minimum atomic E-state index is -0.568. The highest BCUT2D eigenvalue weighted by Gasteiger charge is 2.34. The summed E-state index contributed by atoms with van der Waals surface area (Å²) in [6.45, 7) is 9.00. The number of nitrogens with two attached hydrogens (primary N) is 1. The van der Waals surface area contributed by atoms with Gasteiger partial charge < -0.3 is 15.5 Å². The van der Waals surface area contributed by atoms with E-state index in [1.807, 2.05) is 38.7 Å². The van der Waals surface area contributed by atoms with E-state index in [1.54, 1.807) is 0 Å². The summed E-state index contributed by atoms with van der Waals surface area (Å²) in [5, 5.41) is 3.30. The average molecular weight is 442 g/mol. The van der Waals surface area contributed by atoms with Gasteiger partial charge in [0.05, 0.1) is 10.6 Å². The number of carbonyl (C=O) groups is 3. The van der Waals surface area contributed by atoms with E-state index in [9.17, 15) is 14.4 Å². The van der Waals surface area contributed by atoms with Crippen molar-refractivity contribution < 1.29 is 14.4 Å². The van der Waals surface area contributed by atoms with E-state index in [-0.39, 0.29) is 18.0 Å². The number of aromatic nitrogens is 1. The number of aryl methyl sites for hydroxylation is 2. The van der Waals surface area contributed by atoms with Gasteiger partial charge in [-0.1, -0.05) is 11.3 Å². The topological polar surface area (TPSA) is 109 Å². The number of nitrogens with zero attached hydrogens (tertiary/aromatic N) is 3. The summed E-state index contributed by atoms with van der Waals surface area (Å²) in [6.07, 6.45) is 1.34. The normalized spacial score (nSPS) is 18.1. The molecule has 3 N–H and O–H groups in total. The number of hydrogen-bond acceptors (Lipinski definition) is 5. The lowest BCUT2D eigenvalue weighted by molar-refractivity contribution is -0.121. The molecule has 0 unspecified atom stereocenters. The molecule has 8 nitrogen and oxygen atoms in total. The van der Waals surface area contributed by atoms with Crippen molar-refractivity contribution in [2.45, 2.75) is 59.2 Å². The molecule has 1 saturated heterocycles. The molecular formula is C22H27N5O3S. The van der Waals surface area contributed by atoms with Crippen molar-refractivity contribution in [3.05, 3.63) is 34.5 Å². The van der Waals surface area contributed by atoms with Crippen LogP contribution in [0.3, 0.4) is 0 Å². The Morgan fingerprint density at radius 1 is 1.29 bits per heavy atom. The van der Waals surface area contributed by atoms with Crippen molar-refractivity contribution in [3.8, 4) is 10.4 Å². The SMILES string of the molecule is Cc1cc(-c2sc(NC(=O)N3CCC[C@H]3C(N)=O)nc2C)cc2c1C(=O)N(C(C)C)C2. The van der Waals surface area contributed by atoms with Crippen molar-refractivity contribution in [1.82, 2.24) is 14.8 Å². The van der Waals surface area contributed by atoms with Crippen LogP contribution in [0.15, 0.2) is 12.1 Å². The maximum absolute atomic E-state index is 12.7. The van der Waals surface area contributed by atoms with E-state index >= 15 is 0 Å². The van der Waals surface area contributed by atoms with Crippen LogP contribution in [0.2, 0.25) is 0 Å². The van der Waals surface area contributed by atoms with Crippen LogP contribution in [0.4, 0.5) is 9.93 Å². The molecule has 4 amide bonds. The molecule has 9 heteroatoms. The Labute approximate surface area is 185 Å². The maximum atomic E-state index is 12.7. The van der Waals surface area contributed by atoms with Crippen molar-refractivity contribution in [2.75, 3.05) is 11.9 Å². The summed E-state index contributed by atoms with van der Waals surface area (Å²) in [5.74, 6) is -0.403. The molecule has 3 heterocycles. The number of thiazole rings is 1. The number of hydrogen-bond donors (Lipinski definition) is 2. The van der Waals surface area contributed by atoms with Gasteiger partial charge in [-0.3, -0.25) is 14.9 Å². The highest BCUT2D eigenvalue weighted by atomic mass is 32.1. The molecule has 1 atom stereocenters. The first kappa shape index (κ1) is 21.3. The quantitative estimate of drug-likeness (QED) is 0.759. The van der Waals surface area contributed by atoms with Gasteiger partial charge in [-0.05, 0) is 69.4 Å². The van der Waals surface area contributed by atoms with Gasteiger partial charge in [0.1, 0.15) is 6.04 Å². The van der Waals surface area contributed by atoms with Crippen molar-refractivity contribution >= 4 is 34.3 Å². The highest BCUT2D eigenvalue weighted by molar-refractivity contribution is 7.19. The van der Waals surface area contributed by atoms with Gasteiger partial charge in [0, 0.05) is 24.7 Å². The van der Waals surface area contributed by atoms with Crippen LogP contribution < -0.4 is 11.1 Å². The van der Waals surface area contributed by atoms with Crippen LogP contribution in [-0.2, 0) is 11.3 Å². The highest BCUT2D eigenvalue weighted by Crippen LogP contribution is 2.37. The number of rotatable bonds is 4. The molecule has 2 aliphatic heterocycles. The van der Waals surface area contributed by atoms with Crippen LogP contribution in [0.5, 0.6) is 0 Å². The fourth-order valence-corrected chi connectivity index (χ4v) is 5.37. The second-order valence-corrected chi connectivity index (χ2v) is 9.47. The molecule has 0 radical (unpaired) electrons. The van der Waals surface area contributed by atoms with Crippen molar-refractivity contribution in [2.24, 2.45) is 5.73 Å². The van der Waals surface area contributed by atoms with Crippen molar-refractivity contribution in [3.63, 3.8) is 0 Å². The van der Waals surface area contributed by atoms with E-state index in [4.69, 9.17) is 5.73 Å². The molecule has 0 bridgehead atoms. The predicted octanol–water partition coefficient (Wildman–Crippen LogP) is 3.27. The summed E-state index contributed by atoms with van der Waals surface area (Å²) in [6, 6.07) is 3.28. The third kappa shape index (κ3) is 3.78. The molecule has 0 spiro atoms. The Hall–Kier alpha value is -2.94. The van der Waals surface area contributed by atoms with Crippen LogP contribution in [0, 0.1) is 13.8 Å². The van der Waals surface area contributed by atoms with Gasteiger partial charge in [-0.15, -0.1) is 0 Å². The Morgan fingerprint density at radius 2 is 2.03 bits per heavy atom. The zero-order valence-electron chi connectivity index (χ0n) is 18.2. The van der Waals surface area contributed by atoms with Crippen LogP contribution in [0.1, 0.15) is 53.9 Å². The van der Waals surface area contributed by atoms with Gasteiger partial charge in [-0.2, -0.15) is 0 Å². The fraction of sp³-hybridized carbons (Fsp3) is 0.455. The second-order valence-electron chi connectivity index (χ2n) is 8.47. The van der Waals surface area contributed by atoms with Gasteiger partial charge in [0.25, 0.3) is 5.91 Å². The molecule has 164 valence electrons. The lowest BCUT2D eigenvalue weighted by Gasteiger charge is -2.21. The lowest BCUT2D eigenvalue weighted by Crippen LogP contribution is -2.45. The zero-order valence-corrected chi connectivity index (χ0v) is 19.0. The van der Waals surface area contributed by atoms with E-state index in [0.29, 0.717) is 24.6 Å². The molecule has 31 heavy (non-hydrogen) atoms. The Kier molecular flexibility index (Phi) is 5.47. The number of carbonyl (C=O) groups excluding carboxylic acids is 3. The molecule has 0 aliphatic carbocycles.